The van der Waals surface area contributed by atoms with Crippen LogP contribution >= 0.6 is 35.0 Å². The molecule has 2 rings (SSSR count). The predicted octanol–water partition coefficient (Wildman–Crippen LogP) is 4.57. The van der Waals surface area contributed by atoms with Gasteiger partial charge in [-0.05, 0) is 18.6 Å². The summed E-state index contributed by atoms with van der Waals surface area (Å²) in [7, 11) is 0. The molecule has 1 amide bonds. The summed E-state index contributed by atoms with van der Waals surface area (Å²) in [5.74, 6) is 1.35. The lowest BCUT2D eigenvalue weighted by Gasteiger charge is -2.08. The van der Waals surface area contributed by atoms with Crippen molar-refractivity contribution in [3.8, 4) is 0 Å². The minimum Gasteiger partial charge on any atom is -0.309 e. The van der Waals surface area contributed by atoms with Gasteiger partial charge in [-0.15, -0.1) is 11.8 Å². The van der Waals surface area contributed by atoms with Crippen LogP contribution in [0.3, 0.4) is 0 Å². The van der Waals surface area contributed by atoms with Crippen molar-refractivity contribution in [1.29, 1.82) is 0 Å². The molecule has 0 saturated heterocycles. The quantitative estimate of drug-likeness (QED) is 0.866. The number of rotatable bonds is 5. The molecule has 21 heavy (non-hydrogen) atoms. The van der Waals surface area contributed by atoms with Gasteiger partial charge in [-0.2, -0.15) is 0 Å². The number of carbonyl (C=O) groups excluding carboxylic acids is 1. The number of anilines is 1. The van der Waals surface area contributed by atoms with E-state index in [1.807, 2.05) is 30.3 Å². The van der Waals surface area contributed by atoms with Crippen molar-refractivity contribution in [2.75, 3.05) is 11.1 Å². The number of hydrogen-bond donors (Lipinski definition) is 1. The van der Waals surface area contributed by atoms with Crippen LogP contribution in [0.1, 0.15) is 11.3 Å². The third-order valence-electron chi connectivity index (χ3n) is 2.71. The van der Waals surface area contributed by atoms with Gasteiger partial charge in [0.25, 0.3) is 0 Å². The highest BCUT2D eigenvalue weighted by Gasteiger charge is 2.10. The number of nitrogens with one attached hydrogen (secondary N) is 1. The smallest absolute Gasteiger partial charge is 0.235 e. The molecule has 0 spiro atoms. The molecule has 0 unspecified atom stereocenters. The molecule has 0 aliphatic carbocycles. The molecule has 0 bridgehead atoms. The number of benzene rings is 1. The first kappa shape index (κ1) is 16.1. The fourth-order valence-corrected chi connectivity index (χ4v) is 2.84. The Morgan fingerprint density at radius 1 is 1.24 bits per heavy atom. The summed E-state index contributed by atoms with van der Waals surface area (Å²) in [5, 5.41) is 3.53. The van der Waals surface area contributed by atoms with Gasteiger partial charge in [0.15, 0.2) is 5.82 Å². The van der Waals surface area contributed by atoms with Crippen molar-refractivity contribution in [2.45, 2.75) is 12.7 Å². The van der Waals surface area contributed by atoms with Gasteiger partial charge >= 0.3 is 0 Å². The third-order valence-corrected chi connectivity index (χ3v) is 4.38. The molecule has 1 heterocycles. The fraction of sp³-hybridized carbons (Fsp3) is 0.200. The summed E-state index contributed by atoms with van der Waals surface area (Å²) in [5.41, 5.74) is 1.82. The molecule has 1 aromatic heterocycles. The van der Waals surface area contributed by atoms with Crippen molar-refractivity contribution >= 4 is 46.7 Å². The van der Waals surface area contributed by atoms with Gasteiger partial charge in [0, 0.05) is 5.75 Å². The van der Waals surface area contributed by atoms with Crippen LogP contribution in [0.25, 0.3) is 0 Å². The number of aryl methyl sites for hydroxylation is 1. The summed E-state index contributed by atoms with van der Waals surface area (Å²) in [4.78, 5) is 16.1. The second kappa shape index (κ2) is 7.69. The molecule has 6 heteroatoms. The van der Waals surface area contributed by atoms with Crippen LogP contribution in [-0.2, 0) is 10.5 Å². The molecule has 0 radical (unpaired) electrons. The van der Waals surface area contributed by atoms with Gasteiger partial charge in [0.05, 0.1) is 21.5 Å². The minimum absolute atomic E-state index is 0.132. The van der Waals surface area contributed by atoms with E-state index in [2.05, 4.69) is 10.3 Å². The highest BCUT2D eigenvalue weighted by Crippen LogP contribution is 2.25. The zero-order valence-corrected chi connectivity index (χ0v) is 13.7. The number of thioether (sulfide) groups is 1. The maximum absolute atomic E-state index is 11.9. The highest BCUT2D eigenvalue weighted by atomic mass is 35.5. The number of hydrogen-bond acceptors (Lipinski definition) is 3. The largest absolute Gasteiger partial charge is 0.309 e. The molecular formula is C15H14Cl2N2OS. The summed E-state index contributed by atoms with van der Waals surface area (Å²) in [6, 6.07) is 11.6. The van der Waals surface area contributed by atoms with Gasteiger partial charge in [-0.25, -0.2) is 4.98 Å². The Kier molecular flexibility index (Phi) is 5.91. The molecule has 0 atom stereocenters. The molecule has 0 saturated carbocycles. The number of nitrogens with zero attached hydrogens (tertiary/aromatic N) is 1. The lowest BCUT2D eigenvalue weighted by atomic mass is 10.2. The number of pyridine rings is 1. The van der Waals surface area contributed by atoms with E-state index in [4.69, 9.17) is 23.2 Å². The van der Waals surface area contributed by atoms with Crippen LogP contribution in [0.4, 0.5) is 5.82 Å². The molecule has 110 valence electrons. The first-order valence-corrected chi connectivity index (χ1v) is 8.21. The normalized spacial score (nSPS) is 10.4. The molecule has 3 nitrogen and oxygen atoms in total. The van der Waals surface area contributed by atoms with E-state index in [1.165, 1.54) is 17.3 Å². The topological polar surface area (TPSA) is 42.0 Å². The molecule has 2 aromatic rings. The second-order valence-corrected chi connectivity index (χ2v) is 6.21. The third kappa shape index (κ3) is 4.92. The maximum Gasteiger partial charge on any atom is 0.235 e. The number of carbonyl (C=O) groups is 1. The second-order valence-electron chi connectivity index (χ2n) is 4.41. The Balaban J connectivity index is 1.86. The van der Waals surface area contributed by atoms with Crippen LogP contribution in [0.5, 0.6) is 0 Å². The first-order chi connectivity index (χ1) is 10.1. The number of amides is 1. The Bertz CT molecular complexity index is 635. The summed E-state index contributed by atoms with van der Waals surface area (Å²) < 4.78 is 0. The SMILES string of the molecule is Cc1nc(NC(=O)CSCc2ccccc2)c(Cl)cc1Cl. The summed E-state index contributed by atoms with van der Waals surface area (Å²) in [6.45, 7) is 1.76. The summed E-state index contributed by atoms with van der Waals surface area (Å²) in [6.07, 6.45) is 0. The Morgan fingerprint density at radius 3 is 2.67 bits per heavy atom. The minimum atomic E-state index is -0.132. The average Bonchev–Trinajstić information content (AvgIpc) is 2.46. The lowest BCUT2D eigenvalue weighted by molar-refractivity contribution is -0.113. The van der Waals surface area contributed by atoms with Crippen molar-refractivity contribution < 1.29 is 4.79 Å². The highest BCUT2D eigenvalue weighted by molar-refractivity contribution is 7.99. The maximum atomic E-state index is 11.9. The van der Waals surface area contributed by atoms with Gasteiger partial charge in [-0.3, -0.25) is 4.79 Å². The molecule has 0 aliphatic rings. The van der Waals surface area contributed by atoms with E-state index in [1.54, 1.807) is 13.0 Å². The van der Waals surface area contributed by atoms with E-state index in [0.29, 0.717) is 27.3 Å². The van der Waals surface area contributed by atoms with Gasteiger partial charge < -0.3 is 5.32 Å². The van der Waals surface area contributed by atoms with Crippen LogP contribution in [-0.4, -0.2) is 16.6 Å². The van der Waals surface area contributed by atoms with Crippen molar-refractivity contribution in [2.24, 2.45) is 0 Å². The number of aromatic nitrogens is 1. The van der Waals surface area contributed by atoms with E-state index in [0.717, 1.165) is 5.75 Å². The first-order valence-electron chi connectivity index (χ1n) is 6.30. The molecule has 1 aromatic carbocycles. The van der Waals surface area contributed by atoms with E-state index >= 15 is 0 Å². The standard InChI is InChI=1S/C15H14Cl2N2OS/c1-10-12(16)7-13(17)15(18-10)19-14(20)9-21-8-11-5-3-2-4-6-11/h2-7H,8-9H2,1H3,(H,18,19,20). The van der Waals surface area contributed by atoms with Crippen LogP contribution < -0.4 is 5.32 Å². The molecule has 0 aliphatic heterocycles. The molecular weight excluding hydrogens is 327 g/mol. The van der Waals surface area contributed by atoms with Gasteiger partial charge in [0.1, 0.15) is 0 Å². The van der Waals surface area contributed by atoms with Gasteiger partial charge in [-0.1, -0.05) is 53.5 Å². The Labute approximate surface area is 138 Å². The number of halogens is 2. The van der Waals surface area contributed by atoms with Crippen LogP contribution in [0.2, 0.25) is 10.0 Å². The monoisotopic (exact) mass is 340 g/mol. The zero-order chi connectivity index (χ0) is 15.2. The predicted molar refractivity (Wildman–Crippen MR) is 90.2 cm³/mol. The van der Waals surface area contributed by atoms with Crippen molar-refractivity contribution in [3.63, 3.8) is 0 Å². The fourth-order valence-electron chi connectivity index (χ4n) is 1.65. The van der Waals surface area contributed by atoms with Crippen LogP contribution in [0, 0.1) is 6.92 Å². The Morgan fingerprint density at radius 2 is 1.95 bits per heavy atom. The van der Waals surface area contributed by atoms with E-state index in [9.17, 15) is 4.79 Å². The lowest BCUT2D eigenvalue weighted by Crippen LogP contribution is -2.15. The molecule has 1 N–H and O–H groups in total. The van der Waals surface area contributed by atoms with Crippen LogP contribution in [0.15, 0.2) is 36.4 Å². The molecule has 0 fully saturated rings. The Hall–Kier alpha value is -1.23. The van der Waals surface area contributed by atoms with Crippen molar-refractivity contribution in [1.82, 2.24) is 4.98 Å². The summed E-state index contributed by atoms with van der Waals surface area (Å²) >= 11 is 13.5. The zero-order valence-electron chi connectivity index (χ0n) is 11.4. The average molecular weight is 341 g/mol. The van der Waals surface area contributed by atoms with E-state index in [-0.39, 0.29) is 5.91 Å². The van der Waals surface area contributed by atoms with E-state index < -0.39 is 0 Å². The van der Waals surface area contributed by atoms with Gasteiger partial charge in [0.2, 0.25) is 5.91 Å². The van der Waals surface area contributed by atoms with Crippen molar-refractivity contribution in [3.05, 3.63) is 57.7 Å².